The maximum absolute atomic E-state index is 12.4. The summed E-state index contributed by atoms with van der Waals surface area (Å²) in [5, 5.41) is 4.69. The van der Waals surface area contributed by atoms with Crippen molar-refractivity contribution in [3.05, 3.63) is 29.0 Å². The highest BCUT2D eigenvalue weighted by Gasteiger charge is 2.33. The smallest absolute Gasteiger partial charge is 0.242 e. The van der Waals surface area contributed by atoms with E-state index in [2.05, 4.69) is 10.3 Å². The molecule has 1 unspecified atom stereocenters. The van der Waals surface area contributed by atoms with Crippen LogP contribution in [0.15, 0.2) is 21.9 Å². The summed E-state index contributed by atoms with van der Waals surface area (Å²) in [5.74, 6) is 0.483. The molecule has 2 aromatic rings. The summed E-state index contributed by atoms with van der Waals surface area (Å²) in [6.45, 7) is 7.37. The van der Waals surface area contributed by atoms with E-state index in [1.54, 1.807) is 13.8 Å². The average Bonchev–Trinajstić information content (AvgIpc) is 3.08. The normalized spacial score (nSPS) is 13.7. The van der Waals surface area contributed by atoms with Gasteiger partial charge in [0.2, 0.25) is 17.7 Å². The molecule has 0 aromatic carbocycles. The van der Waals surface area contributed by atoms with Crippen LogP contribution in [0.1, 0.15) is 38.6 Å². The van der Waals surface area contributed by atoms with Gasteiger partial charge in [0, 0.05) is 0 Å². The van der Waals surface area contributed by atoms with Crippen LogP contribution in [0.3, 0.4) is 0 Å². The highest BCUT2D eigenvalue weighted by Crippen LogP contribution is 2.26. The Hall–Kier alpha value is -2.15. The lowest BCUT2D eigenvalue weighted by Gasteiger charge is -2.29. The Morgan fingerprint density at radius 2 is 2.17 bits per heavy atom. The lowest BCUT2D eigenvalue weighted by molar-refractivity contribution is -0.131. The zero-order chi connectivity index (χ0) is 17.9. The van der Waals surface area contributed by atoms with Gasteiger partial charge in [-0.25, -0.2) is 4.98 Å². The van der Waals surface area contributed by atoms with Crippen LogP contribution in [-0.4, -0.2) is 22.3 Å². The van der Waals surface area contributed by atoms with Gasteiger partial charge in [-0.15, -0.1) is 11.3 Å². The molecule has 0 saturated heterocycles. The standard InChI is InChI=1S/C17H23N3O3S/c1-10(2)9-17(4,16(18)22)20-14(21)8-12-11(3)23-15(19-12)13-6-5-7-24-13/h5-7,10H,8-9H2,1-4H3,(H2,18,22)(H,20,21). The SMILES string of the molecule is Cc1oc(-c2cccs2)nc1CC(=O)NC(C)(CC(C)C)C(N)=O. The Labute approximate surface area is 145 Å². The van der Waals surface area contributed by atoms with Crippen molar-refractivity contribution in [2.75, 3.05) is 0 Å². The largest absolute Gasteiger partial charge is 0.440 e. The summed E-state index contributed by atoms with van der Waals surface area (Å²) < 4.78 is 5.63. The predicted octanol–water partition coefficient (Wildman–Crippen LogP) is 2.66. The van der Waals surface area contributed by atoms with Crippen LogP contribution in [0.2, 0.25) is 0 Å². The molecule has 0 aliphatic carbocycles. The van der Waals surface area contributed by atoms with Gasteiger partial charge in [-0.3, -0.25) is 9.59 Å². The number of nitrogens with one attached hydrogen (secondary N) is 1. The quantitative estimate of drug-likeness (QED) is 0.803. The van der Waals surface area contributed by atoms with Crippen molar-refractivity contribution in [1.82, 2.24) is 10.3 Å². The molecule has 2 heterocycles. The van der Waals surface area contributed by atoms with Gasteiger partial charge >= 0.3 is 0 Å². The maximum Gasteiger partial charge on any atom is 0.242 e. The van der Waals surface area contributed by atoms with Crippen LogP contribution in [-0.2, 0) is 16.0 Å². The van der Waals surface area contributed by atoms with E-state index < -0.39 is 11.4 Å². The fraction of sp³-hybridized carbons (Fsp3) is 0.471. The van der Waals surface area contributed by atoms with Gasteiger partial charge in [0.1, 0.15) is 11.3 Å². The molecular weight excluding hydrogens is 326 g/mol. The molecule has 6 nitrogen and oxygen atoms in total. The van der Waals surface area contributed by atoms with Gasteiger partial charge in [-0.05, 0) is 37.6 Å². The predicted molar refractivity (Wildman–Crippen MR) is 93.5 cm³/mol. The third kappa shape index (κ3) is 4.23. The van der Waals surface area contributed by atoms with Gasteiger partial charge in [0.25, 0.3) is 0 Å². The third-order valence-corrected chi connectivity index (χ3v) is 4.59. The average molecular weight is 349 g/mol. The van der Waals surface area contributed by atoms with Crippen molar-refractivity contribution >= 4 is 23.2 Å². The molecular formula is C17H23N3O3S. The number of aryl methyl sites for hydroxylation is 1. The van der Waals surface area contributed by atoms with Crippen molar-refractivity contribution < 1.29 is 14.0 Å². The van der Waals surface area contributed by atoms with Crippen LogP contribution in [0.5, 0.6) is 0 Å². The molecule has 7 heteroatoms. The molecule has 1 atom stereocenters. The second-order valence-electron chi connectivity index (χ2n) is 6.52. The number of carbonyl (C=O) groups excluding carboxylic acids is 2. The van der Waals surface area contributed by atoms with E-state index >= 15 is 0 Å². The van der Waals surface area contributed by atoms with Crippen molar-refractivity contribution in [3.63, 3.8) is 0 Å². The topological polar surface area (TPSA) is 98.2 Å². The van der Waals surface area contributed by atoms with E-state index in [9.17, 15) is 9.59 Å². The second kappa shape index (κ2) is 7.17. The molecule has 0 spiro atoms. The highest BCUT2D eigenvalue weighted by molar-refractivity contribution is 7.13. The Morgan fingerprint density at radius 1 is 1.46 bits per heavy atom. The number of nitrogens with two attached hydrogens (primary N) is 1. The van der Waals surface area contributed by atoms with Crippen LogP contribution in [0.25, 0.3) is 10.8 Å². The summed E-state index contributed by atoms with van der Waals surface area (Å²) in [4.78, 5) is 29.4. The van der Waals surface area contributed by atoms with Crippen molar-refractivity contribution in [1.29, 1.82) is 0 Å². The number of carbonyl (C=O) groups is 2. The van der Waals surface area contributed by atoms with E-state index in [1.165, 1.54) is 11.3 Å². The molecule has 130 valence electrons. The van der Waals surface area contributed by atoms with Crippen LogP contribution in [0.4, 0.5) is 0 Å². The fourth-order valence-electron chi connectivity index (χ4n) is 2.63. The molecule has 0 fully saturated rings. The number of aromatic nitrogens is 1. The monoisotopic (exact) mass is 349 g/mol. The van der Waals surface area contributed by atoms with Gasteiger partial charge in [-0.1, -0.05) is 19.9 Å². The molecule has 2 rings (SSSR count). The number of hydrogen-bond donors (Lipinski definition) is 2. The molecule has 2 aromatic heterocycles. The van der Waals surface area contributed by atoms with Crippen molar-refractivity contribution in [2.24, 2.45) is 11.7 Å². The van der Waals surface area contributed by atoms with Crippen molar-refractivity contribution in [3.8, 4) is 10.8 Å². The molecule has 3 N–H and O–H groups in total. The summed E-state index contributed by atoms with van der Waals surface area (Å²) in [5.41, 5.74) is 4.97. The Kier molecular flexibility index (Phi) is 5.43. The fourth-order valence-corrected chi connectivity index (χ4v) is 3.28. The first-order valence-corrected chi connectivity index (χ1v) is 8.70. The molecule has 0 aliphatic heterocycles. The maximum atomic E-state index is 12.4. The van der Waals surface area contributed by atoms with Gasteiger partial charge in [-0.2, -0.15) is 0 Å². The van der Waals surface area contributed by atoms with Gasteiger partial charge in [0.05, 0.1) is 17.0 Å². The molecule has 0 saturated carbocycles. The van der Waals surface area contributed by atoms with E-state index in [4.69, 9.17) is 10.2 Å². The zero-order valence-corrected chi connectivity index (χ0v) is 15.2. The number of primary amides is 1. The van der Waals surface area contributed by atoms with E-state index in [0.29, 0.717) is 23.8 Å². The first kappa shape index (κ1) is 18.2. The number of thiophene rings is 1. The van der Waals surface area contributed by atoms with Crippen LogP contribution >= 0.6 is 11.3 Å². The van der Waals surface area contributed by atoms with Crippen LogP contribution < -0.4 is 11.1 Å². The van der Waals surface area contributed by atoms with E-state index in [-0.39, 0.29) is 18.2 Å². The minimum Gasteiger partial charge on any atom is -0.440 e. The molecule has 2 amide bonds. The van der Waals surface area contributed by atoms with Crippen LogP contribution in [0, 0.1) is 12.8 Å². The molecule has 24 heavy (non-hydrogen) atoms. The highest BCUT2D eigenvalue weighted by atomic mass is 32.1. The number of amides is 2. The van der Waals surface area contributed by atoms with Gasteiger partial charge < -0.3 is 15.5 Å². The molecule has 0 aliphatic rings. The number of nitrogens with zero attached hydrogens (tertiary/aromatic N) is 1. The second-order valence-corrected chi connectivity index (χ2v) is 7.47. The molecule has 0 radical (unpaired) electrons. The number of hydrogen-bond acceptors (Lipinski definition) is 5. The van der Waals surface area contributed by atoms with E-state index in [1.807, 2.05) is 31.4 Å². The minimum atomic E-state index is -1.07. The zero-order valence-electron chi connectivity index (χ0n) is 14.4. The van der Waals surface area contributed by atoms with Gasteiger partial charge in [0.15, 0.2) is 0 Å². The lowest BCUT2D eigenvalue weighted by Crippen LogP contribution is -2.56. The van der Waals surface area contributed by atoms with E-state index in [0.717, 1.165) is 4.88 Å². The third-order valence-electron chi connectivity index (χ3n) is 3.73. The first-order valence-electron chi connectivity index (χ1n) is 7.82. The Morgan fingerprint density at radius 3 is 2.71 bits per heavy atom. The summed E-state index contributed by atoms with van der Waals surface area (Å²) in [6.07, 6.45) is 0.522. The minimum absolute atomic E-state index is 0.0433. The number of oxazole rings is 1. The first-order chi connectivity index (χ1) is 11.2. The molecule has 0 bridgehead atoms. The Bertz CT molecular complexity index is 722. The number of rotatable bonds is 7. The summed E-state index contributed by atoms with van der Waals surface area (Å²) >= 11 is 1.52. The summed E-state index contributed by atoms with van der Waals surface area (Å²) in [7, 11) is 0. The van der Waals surface area contributed by atoms with Crippen molar-refractivity contribution in [2.45, 2.75) is 46.1 Å². The Balaban J connectivity index is 2.10. The summed E-state index contributed by atoms with van der Waals surface area (Å²) in [6, 6.07) is 3.82. The lowest BCUT2D eigenvalue weighted by atomic mass is 9.90.